The average molecular weight is 298 g/mol. The fraction of sp³-hybridized carbons (Fsp3) is 0.500. The maximum absolute atomic E-state index is 4.26. The molecule has 4 heteroatoms. The lowest BCUT2D eigenvalue weighted by molar-refractivity contribution is 0.432. The molecule has 0 bridgehead atoms. The molecule has 0 radical (unpaired) electrons. The van der Waals surface area contributed by atoms with Crippen LogP contribution >= 0.6 is 0 Å². The van der Waals surface area contributed by atoms with E-state index in [0.29, 0.717) is 12.0 Å². The van der Waals surface area contributed by atoms with E-state index in [1.54, 1.807) is 0 Å². The summed E-state index contributed by atoms with van der Waals surface area (Å²) in [5.41, 5.74) is 2.88. The first kappa shape index (κ1) is 15.1. The SMILES string of the molecule is C[C@H](CCn1cccn1)NC[C@H]1CCN(C)c2ccccc21. The first-order valence-corrected chi connectivity index (χ1v) is 8.25. The number of hydrogen-bond donors (Lipinski definition) is 1. The van der Waals surface area contributed by atoms with Gasteiger partial charge in [-0.2, -0.15) is 5.10 Å². The normalized spacial score (nSPS) is 19.0. The van der Waals surface area contributed by atoms with Crippen LogP contribution in [0.2, 0.25) is 0 Å². The van der Waals surface area contributed by atoms with Gasteiger partial charge in [0.15, 0.2) is 0 Å². The van der Waals surface area contributed by atoms with Gasteiger partial charge in [0.05, 0.1) is 0 Å². The van der Waals surface area contributed by atoms with Gasteiger partial charge < -0.3 is 10.2 Å². The molecular formula is C18H26N4. The van der Waals surface area contributed by atoms with Crippen molar-refractivity contribution < 1.29 is 0 Å². The Balaban J connectivity index is 1.52. The largest absolute Gasteiger partial charge is 0.374 e. The van der Waals surface area contributed by atoms with Gasteiger partial charge in [0.25, 0.3) is 0 Å². The minimum atomic E-state index is 0.510. The van der Waals surface area contributed by atoms with Crippen molar-refractivity contribution in [2.24, 2.45) is 0 Å². The quantitative estimate of drug-likeness (QED) is 0.890. The summed E-state index contributed by atoms with van der Waals surface area (Å²) in [6.07, 6.45) is 6.20. The number of nitrogens with zero attached hydrogens (tertiary/aromatic N) is 3. The van der Waals surface area contributed by atoms with E-state index in [-0.39, 0.29) is 0 Å². The summed E-state index contributed by atoms with van der Waals surface area (Å²) in [4.78, 5) is 2.37. The van der Waals surface area contributed by atoms with E-state index < -0.39 is 0 Å². The Bertz CT molecular complexity index is 579. The topological polar surface area (TPSA) is 33.1 Å². The van der Waals surface area contributed by atoms with Crippen molar-refractivity contribution in [2.75, 3.05) is 25.0 Å². The number of fused-ring (bicyclic) bond motifs is 1. The highest BCUT2D eigenvalue weighted by molar-refractivity contribution is 5.56. The third-order valence-corrected chi connectivity index (χ3v) is 4.66. The van der Waals surface area contributed by atoms with Crippen LogP contribution in [0.4, 0.5) is 5.69 Å². The molecule has 0 saturated carbocycles. The van der Waals surface area contributed by atoms with E-state index in [1.165, 1.54) is 17.7 Å². The summed E-state index contributed by atoms with van der Waals surface area (Å²) < 4.78 is 2.00. The molecule has 1 aliphatic heterocycles. The van der Waals surface area contributed by atoms with Crippen molar-refractivity contribution >= 4 is 5.69 Å². The highest BCUT2D eigenvalue weighted by Crippen LogP contribution is 2.33. The number of hydrogen-bond acceptors (Lipinski definition) is 3. The van der Waals surface area contributed by atoms with Gasteiger partial charge in [0.1, 0.15) is 0 Å². The van der Waals surface area contributed by atoms with E-state index in [0.717, 1.165) is 26.1 Å². The molecule has 0 unspecified atom stereocenters. The third kappa shape index (κ3) is 3.50. The summed E-state index contributed by atoms with van der Waals surface area (Å²) in [6.45, 7) is 5.45. The number of rotatable bonds is 6. The van der Waals surface area contributed by atoms with Crippen LogP contribution in [0.25, 0.3) is 0 Å². The number of aromatic nitrogens is 2. The molecule has 22 heavy (non-hydrogen) atoms. The molecule has 1 aromatic heterocycles. The fourth-order valence-electron chi connectivity index (χ4n) is 3.22. The van der Waals surface area contributed by atoms with Crippen molar-refractivity contribution in [1.82, 2.24) is 15.1 Å². The second-order valence-electron chi connectivity index (χ2n) is 6.33. The standard InChI is InChI=1S/C18H26N4/c1-15(8-13-22-11-5-10-20-22)19-14-16-9-12-21(2)18-7-4-3-6-17(16)18/h3-7,10-11,15-16,19H,8-9,12-14H2,1-2H3/t15-,16-/m1/s1. The molecule has 0 spiro atoms. The van der Waals surface area contributed by atoms with Gasteiger partial charge in [-0.05, 0) is 37.5 Å². The van der Waals surface area contributed by atoms with Gasteiger partial charge in [-0.15, -0.1) is 0 Å². The summed E-state index contributed by atoms with van der Waals surface area (Å²) >= 11 is 0. The first-order valence-electron chi connectivity index (χ1n) is 8.25. The zero-order chi connectivity index (χ0) is 15.4. The van der Waals surface area contributed by atoms with Crippen LogP contribution in [-0.2, 0) is 6.54 Å². The summed E-state index contributed by atoms with van der Waals surface area (Å²) in [6, 6.07) is 11.3. The molecule has 3 rings (SSSR count). The Hall–Kier alpha value is -1.81. The third-order valence-electron chi connectivity index (χ3n) is 4.66. The van der Waals surface area contributed by atoms with Gasteiger partial charge in [0.2, 0.25) is 0 Å². The smallest absolute Gasteiger partial charge is 0.0489 e. The van der Waals surface area contributed by atoms with E-state index in [4.69, 9.17) is 0 Å². The number of anilines is 1. The monoisotopic (exact) mass is 298 g/mol. The van der Waals surface area contributed by atoms with Crippen LogP contribution in [0, 0.1) is 0 Å². The summed E-state index contributed by atoms with van der Waals surface area (Å²) in [5, 5.41) is 7.97. The van der Waals surface area contributed by atoms with Crippen molar-refractivity contribution in [1.29, 1.82) is 0 Å². The molecular weight excluding hydrogens is 272 g/mol. The molecule has 0 saturated heterocycles. The van der Waals surface area contributed by atoms with E-state index >= 15 is 0 Å². The molecule has 4 nitrogen and oxygen atoms in total. The molecule has 0 aliphatic carbocycles. The zero-order valence-corrected chi connectivity index (χ0v) is 13.6. The fourth-order valence-corrected chi connectivity index (χ4v) is 3.22. The summed E-state index contributed by atoms with van der Waals surface area (Å²) in [7, 11) is 2.19. The Labute approximate surface area is 133 Å². The lowest BCUT2D eigenvalue weighted by Crippen LogP contribution is -2.35. The lowest BCUT2D eigenvalue weighted by atomic mass is 9.90. The highest BCUT2D eigenvalue weighted by Gasteiger charge is 2.22. The highest BCUT2D eigenvalue weighted by atomic mass is 15.3. The van der Waals surface area contributed by atoms with Crippen molar-refractivity contribution in [2.45, 2.75) is 38.3 Å². The average Bonchev–Trinajstić information content (AvgIpc) is 3.06. The number of nitrogens with one attached hydrogen (secondary N) is 1. The lowest BCUT2D eigenvalue weighted by Gasteiger charge is -2.34. The van der Waals surface area contributed by atoms with Crippen LogP contribution in [0.3, 0.4) is 0 Å². The van der Waals surface area contributed by atoms with Gasteiger partial charge >= 0.3 is 0 Å². The van der Waals surface area contributed by atoms with Gasteiger partial charge in [-0.3, -0.25) is 4.68 Å². The maximum atomic E-state index is 4.26. The minimum Gasteiger partial charge on any atom is -0.374 e. The van der Waals surface area contributed by atoms with Crippen LogP contribution < -0.4 is 10.2 Å². The second kappa shape index (κ2) is 6.97. The van der Waals surface area contributed by atoms with E-state index in [9.17, 15) is 0 Å². The zero-order valence-electron chi connectivity index (χ0n) is 13.6. The van der Waals surface area contributed by atoms with E-state index in [1.807, 2.05) is 23.1 Å². The Morgan fingerprint density at radius 1 is 1.32 bits per heavy atom. The molecule has 0 amide bonds. The van der Waals surface area contributed by atoms with Crippen LogP contribution in [0.15, 0.2) is 42.7 Å². The molecule has 2 atom stereocenters. The Morgan fingerprint density at radius 3 is 3.00 bits per heavy atom. The molecule has 0 fully saturated rings. The predicted molar refractivity (Wildman–Crippen MR) is 91.4 cm³/mol. The van der Waals surface area contributed by atoms with Crippen LogP contribution in [-0.4, -0.2) is 36.0 Å². The Morgan fingerprint density at radius 2 is 2.18 bits per heavy atom. The predicted octanol–water partition coefficient (Wildman–Crippen LogP) is 2.88. The molecule has 1 N–H and O–H groups in total. The summed E-state index contributed by atoms with van der Waals surface area (Å²) in [5.74, 6) is 0.625. The first-order chi connectivity index (χ1) is 10.7. The number of aryl methyl sites for hydroxylation is 1. The molecule has 118 valence electrons. The second-order valence-corrected chi connectivity index (χ2v) is 6.33. The van der Waals surface area contributed by atoms with Crippen molar-refractivity contribution in [3.05, 3.63) is 48.3 Å². The molecule has 2 heterocycles. The van der Waals surface area contributed by atoms with Crippen LogP contribution in [0.1, 0.15) is 31.2 Å². The molecule has 2 aromatic rings. The number of para-hydroxylation sites is 1. The van der Waals surface area contributed by atoms with Gasteiger partial charge in [-0.1, -0.05) is 18.2 Å². The van der Waals surface area contributed by atoms with Crippen molar-refractivity contribution in [3.63, 3.8) is 0 Å². The van der Waals surface area contributed by atoms with E-state index in [2.05, 4.69) is 53.6 Å². The number of benzene rings is 1. The Kier molecular flexibility index (Phi) is 4.78. The van der Waals surface area contributed by atoms with Crippen LogP contribution in [0.5, 0.6) is 0 Å². The minimum absolute atomic E-state index is 0.510. The van der Waals surface area contributed by atoms with Crippen molar-refractivity contribution in [3.8, 4) is 0 Å². The van der Waals surface area contributed by atoms with Gasteiger partial charge in [0, 0.05) is 56.7 Å². The molecule has 1 aromatic carbocycles. The maximum Gasteiger partial charge on any atom is 0.0489 e. The van der Waals surface area contributed by atoms with Gasteiger partial charge in [-0.25, -0.2) is 0 Å². The molecule has 1 aliphatic rings.